The molecule has 1 aromatic carbocycles. The Kier molecular flexibility index (Phi) is 3.41. The van der Waals surface area contributed by atoms with Crippen LogP contribution in [0.25, 0.3) is 0 Å². The summed E-state index contributed by atoms with van der Waals surface area (Å²) in [6.07, 6.45) is 1.42. The van der Waals surface area contributed by atoms with Crippen molar-refractivity contribution < 1.29 is 14.3 Å². The van der Waals surface area contributed by atoms with Crippen molar-refractivity contribution in [1.29, 1.82) is 0 Å². The van der Waals surface area contributed by atoms with E-state index in [1.54, 1.807) is 6.07 Å². The third kappa shape index (κ3) is 2.33. The fraction of sp³-hybridized carbons (Fsp3) is 0.417. The van der Waals surface area contributed by atoms with Gasteiger partial charge >= 0.3 is 6.16 Å². The van der Waals surface area contributed by atoms with Crippen LogP contribution in [-0.2, 0) is 4.74 Å². The summed E-state index contributed by atoms with van der Waals surface area (Å²) >= 11 is 0. The van der Waals surface area contributed by atoms with Gasteiger partial charge in [-0.1, -0.05) is 18.2 Å². The van der Waals surface area contributed by atoms with Gasteiger partial charge in [0.1, 0.15) is 5.75 Å². The minimum Gasteiger partial charge on any atom is -0.437 e. The Morgan fingerprint density at radius 3 is 2.94 bits per heavy atom. The quantitative estimate of drug-likeness (QED) is 0.567. The number of hydrogen-bond donors (Lipinski definition) is 0. The lowest BCUT2D eigenvalue weighted by molar-refractivity contribution is 0.121. The lowest BCUT2D eigenvalue weighted by atomic mass is 10.0. The Balaban J connectivity index is 2.19. The minimum absolute atomic E-state index is 0.154. The average molecular weight is 220 g/mol. The molecule has 0 amide bonds. The van der Waals surface area contributed by atoms with Gasteiger partial charge in [0.15, 0.2) is 0 Å². The molecule has 1 aliphatic heterocycles. The highest BCUT2D eigenvalue weighted by Crippen LogP contribution is 2.31. The number of ether oxygens (including phenoxy) is 2. The molecule has 1 aromatic rings. The van der Waals surface area contributed by atoms with Crippen molar-refractivity contribution in [1.82, 2.24) is 5.32 Å². The average Bonchev–Trinajstić information content (AvgIpc) is 2.83. The summed E-state index contributed by atoms with van der Waals surface area (Å²) in [5.74, 6) is 0.546. The van der Waals surface area contributed by atoms with E-state index in [1.807, 2.05) is 18.2 Å². The number of carbonyl (C=O) groups is 1. The first-order chi connectivity index (χ1) is 7.81. The highest BCUT2D eigenvalue weighted by molar-refractivity contribution is 5.64. The fourth-order valence-electron chi connectivity index (χ4n) is 1.86. The third-order valence-electron chi connectivity index (χ3n) is 2.62. The van der Waals surface area contributed by atoms with Crippen LogP contribution in [0.3, 0.4) is 0 Å². The van der Waals surface area contributed by atoms with Crippen molar-refractivity contribution in [2.24, 2.45) is 0 Å². The lowest BCUT2D eigenvalue weighted by Crippen LogP contribution is -2.12. The number of hydrogen-bond acceptors (Lipinski definition) is 3. The molecule has 0 bridgehead atoms. The lowest BCUT2D eigenvalue weighted by Gasteiger charge is -2.13. The first kappa shape index (κ1) is 11.0. The van der Waals surface area contributed by atoms with E-state index in [0.29, 0.717) is 5.75 Å². The maximum Gasteiger partial charge on any atom is 0.513 e. The second-order valence-electron chi connectivity index (χ2n) is 3.66. The molecule has 1 saturated heterocycles. The number of rotatable bonds is 2. The van der Waals surface area contributed by atoms with Gasteiger partial charge in [-0.2, -0.15) is 0 Å². The van der Waals surface area contributed by atoms with Gasteiger partial charge in [0.25, 0.3) is 0 Å². The topological polar surface area (TPSA) is 49.6 Å². The molecule has 0 spiro atoms. The SMILES string of the molecule is COC(=O)Oc1ccccc1[C@H]1CCC[N]1. The molecular formula is C12H14NO3. The van der Waals surface area contributed by atoms with E-state index in [4.69, 9.17) is 4.74 Å². The van der Waals surface area contributed by atoms with E-state index in [9.17, 15) is 4.79 Å². The van der Waals surface area contributed by atoms with Crippen molar-refractivity contribution in [3.63, 3.8) is 0 Å². The molecule has 4 heteroatoms. The van der Waals surface area contributed by atoms with Gasteiger partial charge in [-0.3, -0.25) is 0 Å². The first-order valence-electron chi connectivity index (χ1n) is 5.32. The highest BCUT2D eigenvalue weighted by Gasteiger charge is 2.22. The molecule has 1 radical (unpaired) electrons. The van der Waals surface area contributed by atoms with Crippen LogP contribution < -0.4 is 10.1 Å². The standard InChI is InChI=1S/C12H14NO3/c1-15-12(14)16-11-7-3-2-5-9(11)10-6-4-8-13-10/h2-3,5,7,10H,4,6,8H2,1H3/t10-/m1/s1. The molecule has 1 atom stereocenters. The summed E-state index contributed by atoms with van der Waals surface area (Å²) in [5.41, 5.74) is 0.963. The van der Waals surface area contributed by atoms with Gasteiger partial charge in [-0.25, -0.2) is 10.1 Å². The monoisotopic (exact) mass is 220 g/mol. The van der Waals surface area contributed by atoms with Crippen LogP contribution in [0.4, 0.5) is 4.79 Å². The Bertz CT molecular complexity index is 372. The predicted octanol–water partition coefficient (Wildman–Crippen LogP) is 2.27. The Hall–Kier alpha value is -1.55. The summed E-state index contributed by atoms with van der Waals surface area (Å²) in [4.78, 5) is 11.1. The molecule has 16 heavy (non-hydrogen) atoms. The van der Waals surface area contributed by atoms with E-state index >= 15 is 0 Å². The van der Waals surface area contributed by atoms with Gasteiger partial charge < -0.3 is 9.47 Å². The summed E-state index contributed by atoms with van der Waals surface area (Å²) in [6, 6.07) is 7.61. The summed E-state index contributed by atoms with van der Waals surface area (Å²) in [5, 5.41) is 4.47. The van der Waals surface area contributed by atoms with E-state index in [0.717, 1.165) is 24.9 Å². The van der Waals surface area contributed by atoms with Crippen molar-refractivity contribution in [2.45, 2.75) is 18.9 Å². The third-order valence-corrected chi connectivity index (χ3v) is 2.62. The summed E-state index contributed by atoms with van der Waals surface area (Å²) in [7, 11) is 1.30. The number of para-hydroxylation sites is 1. The maximum absolute atomic E-state index is 11.1. The minimum atomic E-state index is -0.689. The molecule has 1 heterocycles. The molecule has 0 saturated carbocycles. The largest absolute Gasteiger partial charge is 0.513 e. The van der Waals surface area contributed by atoms with Crippen LogP contribution in [0.1, 0.15) is 24.4 Å². The van der Waals surface area contributed by atoms with Gasteiger partial charge in [0.05, 0.1) is 13.2 Å². The molecule has 0 unspecified atom stereocenters. The van der Waals surface area contributed by atoms with Crippen molar-refractivity contribution in [3.8, 4) is 5.75 Å². The smallest absolute Gasteiger partial charge is 0.437 e. The van der Waals surface area contributed by atoms with Crippen LogP contribution in [0.2, 0.25) is 0 Å². The molecule has 4 nitrogen and oxygen atoms in total. The zero-order valence-corrected chi connectivity index (χ0v) is 9.18. The predicted molar refractivity (Wildman–Crippen MR) is 58.5 cm³/mol. The second kappa shape index (κ2) is 4.99. The van der Waals surface area contributed by atoms with E-state index in [1.165, 1.54) is 7.11 Å². The van der Waals surface area contributed by atoms with Crippen LogP contribution in [-0.4, -0.2) is 19.8 Å². The molecule has 2 rings (SSSR count). The highest BCUT2D eigenvalue weighted by atomic mass is 16.7. The number of methoxy groups -OCH3 is 1. The van der Waals surface area contributed by atoms with Crippen molar-refractivity contribution >= 4 is 6.16 Å². The molecule has 1 aliphatic rings. The number of nitrogens with zero attached hydrogens (tertiary/aromatic N) is 1. The van der Waals surface area contributed by atoms with Crippen LogP contribution >= 0.6 is 0 Å². The normalized spacial score (nSPS) is 19.4. The zero-order chi connectivity index (χ0) is 11.4. The fourth-order valence-corrected chi connectivity index (χ4v) is 1.86. The van der Waals surface area contributed by atoms with Crippen LogP contribution in [0, 0.1) is 0 Å². The maximum atomic E-state index is 11.1. The van der Waals surface area contributed by atoms with Gasteiger partial charge in [0.2, 0.25) is 0 Å². The second-order valence-corrected chi connectivity index (χ2v) is 3.66. The summed E-state index contributed by atoms with van der Waals surface area (Å²) in [6.45, 7) is 0.886. The Labute approximate surface area is 94.6 Å². The van der Waals surface area contributed by atoms with Crippen LogP contribution in [0.15, 0.2) is 24.3 Å². The van der Waals surface area contributed by atoms with Crippen LogP contribution in [0.5, 0.6) is 5.75 Å². The van der Waals surface area contributed by atoms with Crippen molar-refractivity contribution in [3.05, 3.63) is 29.8 Å². The van der Waals surface area contributed by atoms with E-state index in [2.05, 4.69) is 10.1 Å². The van der Waals surface area contributed by atoms with E-state index in [-0.39, 0.29) is 6.04 Å². The molecule has 85 valence electrons. The zero-order valence-electron chi connectivity index (χ0n) is 9.18. The molecule has 0 aliphatic carbocycles. The van der Waals surface area contributed by atoms with Gasteiger partial charge in [-0.15, -0.1) is 0 Å². The summed E-state index contributed by atoms with van der Waals surface area (Å²) < 4.78 is 9.57. The van der Waals surface area contributed by atoms with Crippen molar-refractivity contribution in [2.75, 3.05) is 13.7 Å². The Morgan fingerprint density at radius 2 is 2.25 bits per heavy atom. The molecule has 1 fully saturated rings. The number of benzene rings is 1. The molecule has 0 aromatic heterocycles. The van der Waals surface area contributed by atoms with Gasteiger partial charge in [-0.05, 0) is 18.9 Å². The number of carbonyl (C=O) groups excluding carboxylic acids is 1. The molecular weight excluding hydrogens is 206 g/mol. The molecule has 0 N–H and O–H groups in total. The Morgan fingerprint density at radius 1 is 1.44 bits per heavy atom. The van der Waals surface area contributed by atoms with Gasteiger partial charge in [0, 0.05) is 12.1 Å². The van der Waals surface area contributed by atoms with E-state index < -0.39 is 6.16 Å². The first-order valence-corrected chi connectivity index (χ1v) is 5.32.